The molecule has 1 fully saturated rings. The van der Waals surface area contributed by atoms with Gasteiger partial charge >= 0.3 is 0 Å². The first-order valence-corrected chi connectivity index (χ1v) is 6.20. The van der Waals surface area contributed by atoms with Crippen LogP contribution in [0.4, 0.5) is 0 Å². The van der Waals surface area contributed by atoms with E-state index in [1.54, 1.807) is 7.11 Å². The molecule has 1 saturated carbocycles. The van der Waals surface area contributed by atoms with E-state index in [1.807, 2.05) is 12.3 Å². The summed E-state index contributed by atoms with van der Waals surface area (Å²) in [6.07, 6.45) is 4.25. The Morgan fingerprint density at radius 3 is 3.00 bits per heavy atom. The van der Waals surface area contributed by atoms with Gasteiger partial charge < -0.3 is 9.72 Å². The van der Waals surface area contributed by atoms with Gasteiger partial charge in [0.25, 0.3) is 0 Å². The number of nitrogens with one attached hydrogen (secondary N) is 1. The molecule has 0 atom stereocenters. The molecule has 5 heteroatoms. The van der Waals surface area contributed by atoms with Gasteiger partial charge in [0.15, 0.2) is 10.4 Å². The van der Waals surface area contributed by atoms with E-state index in [2.05, 4.69) is 21.5 Å². The number of rotatable bonds is 2. The van der Waals surface area contributed by atoms with E-state index in [0.29, 0.717) is 12.1 Å². The fraction of sp³-hybridized carbons (Fsp3) is 0.500. The Morgan fingerprint density at radius 2 is 2.29 bits per heavy atom. The van der Waals surface area contributed by atoms with Crippen LogP contribution in [-0.2, 0) is 4.74 Å². The Kier molecular flexibility index (Phi) is 2.52. The lowest BCUT2D eigenvalue weighted by Gasteiger charge is -2.34. The maximum absolute atomic E-state index is 5.39. The molecule has 1 aliphatic rings. The molecule has 2 aromatic rings. The Hall–Kier alpha value is -1.20. The monoisotopic (exact) mass is 249 g/mol. The Bertz CT molecular complexity index is 610. The molecule has 4 nitrogen and oxygen atoms in total. The van der Waals surface area contributed by atoms with Gasteiger partial charge in [-0.1, -0.05) is 0 Å². The van der Waals surface area contributed by atoms with E-state index < -0.39 is 0 Å². The molecule has 0 unspecified atom stereocenters. The van der Waals surface area contributed by atoms with Crippen molar-refractivity contribution in [3.8, 4) is 0 Å². The van der Waals surface area contributed by atoms with Crippen LogP contribution in [0.2, 0.25) is 0 Å². The molecule has 0 saturated heterocycles. The zero-order valence-corrected chi connectivity index (χ0v) is 10.8. The molecule has 0 amide bonds. The Balaban J connectivity index is 2.08. The fourth-order valence-corrected chi connectivity index (χ4v) is 2.76. The van der Waals surface area contributed by atoms with Gasteiger partial charge in [0.05, 0.1) is 11.6 Å². The van der Waals surface area contributed by atoms with Crippen LogP contribution in [0.1, 0.15) is 24.4 Å². The summed E-state index contributed by atoms with van der Waals surface area (Å²) >= 11 is 5.39. The van der Waals surface area contributed by atoms with Gasteiger partial charge in [0.1, 0.15) is 0 Å². The van der Waals surface area contributed by atoms with Crippen molar-refractivity contribution >= 4 is 23.4 Å². The molecule has 90 valence electrons. The zero-order valence-electron chi connectivity index (χ0n) is 9.93. The van der Waals surface area contributed by atoms with E-state index in [1.165, 1.54) is 5.56 Å². The molecule has 0 aromatic carbocycles. The normalized spacial score (nSPS) is 23.9. The molecule has 1 aliphatic carbocycles. The summed E-state index contributed by atoms with van der Waals surface area (Å²) in [6.45, 7) is 2.07. The molecular weight excluding hydrogens is 234 g/mol. The first kappa shape index (κ1) is 10.9. The number of aromatic nitrogens is 3. The lowest BCUT2D eigenvalue weighted by atomic mass is 9.89. The average molecular weight is 249 g/mol. The lowest BCUT2D eigenvalue weighted by Crippen LogP contribution is -2.32. The fourth-order valence-electron chi connectivity index (χ4n) is 2.42. The van der Waals surface area contributed by atoms with Crippen molar-refractivity contribution in [1.82, 2.24) is 14.5 Å². The molecule has 0 spiro atoms. The number of hydrogen-bond donors (Lipinski definition) is 1. The largest absolute Gasteiger partial charge is 0.381 e. The Morgan fingerprint density at radius 1 is 1.53 bits per heavy atom. The average Bonchev–Trinajstić information content (AvgIpc) is 2.57. The van der Waals surface area contributed by atoms with Crippen molar-refractivity contribution in [1.29, 1.82) is 0 Å². The van der Waals surface area contributed by atoms with Crippen molar-refractivity contribution in [3.63, 3.8) is 0 Å². The minimum atomic E-state index is 0.372. The number of fused-ring (bicyclic) bond motifs is 1. The smallest absolute Gasteiger partial charge is 0.179 e. The molecule has 0 aliphatic heterocycles. The summed E-state index contributed by atoms with van der Waals surface area (Å²) in [5, 5.41) is 0. The third-order valence-corrected chi connectivity index (χ3v) is 3.89. The maximum Gasteiger partial charge on any atom is 0.179 e. The third kappa shape index (κ3) is 1.61. The Labute approximate surface area is 105 Å². The van der Waals surface area contributed by atoms with Gasteiger partial charge in [-0.2, -0.15) is 0 Å². The number of methoxy groups -OCH3 is 1. The highest BCUT2D eigenvalue weighted by Gasteiger charge is 2.32. The number of H-pyrrole nitrogens is 1. The molecule has 0 bridgehead atoms. The molecular formula is C12H15N3OS. The van der Waals surface area contributed by atoms with Crippen LogP contribution in [0.3, 0.4) is 0 Å². The van der Waals surface area contributed by atoms with Crippen molar-refractivity contribution < 1.29 is 4.74 Å². The number of aryl methyl sites for hydroxylation is 1. The minimum absolute atomic E-state index is 0.372. The van der Waals surface area contributed by atoms with Gasteiger partial charge in [0, 0.05) is 19.3 Å². The van der Waals surface area contributed by atoms with Gasteiger partial charge in [0.2, 0.25) is 0 Å². The van der Waals surface area contributed by atoms with E-state index in [4.69, 9.17) is 17.0 Å². The van der Waals surface area contributed by atoms with Crippen LogP contribution in [0.15, 0.2) is 12.3 Å². The highest BCUT2D eigenvalue weighted by molar-refractivity contribution is 7.71. The van der Waals surface area contributed by atoms with Crippen LogP contribution < -0.4 is 0 Å². The minimum Gasteiger partial charge on any atom is -0.381 e. The van der Waals surface area contributed by atoms with Gasteiger partial charge in [-0.05, 0) is 43.6 Å². The number of hydrogen-bond acceptors (Lipinski definition) is 3. The quantitative estimate of drug-likeness (QED) is 0.832. The lowest BCUT2D eigenvalue weighted by molar-refractivity contribution is 0.00683. The first-order chi connectivity index (χ1) is 8.20. The number of ether oxygens (including phenoxy) is 1. The summed E-state index contributed by atoms with van der Waals surface area (Å²) in [4.78, 5) is 7.69. The highest BCUT2D eigenvalue weighted by atomic mass is 32.1. The van der Waals surface area contributed by atoms with Crippen LogP contribution in [-0.4, -0.2) is 27.7 Å². The molecule has 0 radical (unpaired) electrons. The number of nitrogens with zero attached hydrogens (tertiary/aromatic N) is 2. The second-order valence-electron chi connectivity index (χ2n) is 4.61. The third-order valence-electron chi connectivity index (χ3n) is 3.59. The van der Waals surface area contributed by atoms with E-state index in [0.717, 1.165) is 28.8 Å². The summed E-state index contributed by atoms with van der Waals surface area (Å²) in [5.74, 6) is 0. The second-order valence-corrected chi connectivity index (χ2v) is 5.00. The summed E-state index contributed by atoms with van der Waals surface area (Å²) < 4.78 is 8.21. The van der Waals surface area contributed by atoms with Crippen LogP contribution in [0.25, 0.3) is 11.2 Å². The topological polar surface area (TPSA) is 42.8 Å². The van der Waals surface area contributed by atoms with E-state index in [-0.39, 0.29) is 0 Å². The van der Waals surface area contributed by atoms with Crippen molar-refractivity contribution in [2.75, 3.05) is 7.11 Å². The summed E-state index contributed by atoms with van der Waals surface area (Å²) in [5.41, 5.74) is 3.20. The van der Waals surface area contributed by atoms with Gasteiger partial charge in [-0.15, -0.1) is 0 Å². The van der Waals surface area contributed by atoms with Crippen LogP contribution >= 0.6 is 12.2 Å². The molecule has 2 aromatic heterocycles. The van der Waals surface area contributed by atoms with Gasteiger partial charge in [-0.3, -0.25) is 4.57 Å². The zero-order chi connectivity index (χ0) is 12.0. The number of imidazole rings is 1. The van der Waals surface area contributed by atoms with Crippen LogP contribution in [0.5, 0.6) is 0 Å². The van der Waals surface area contributed by atoms with E-state index in [9.17, 15) is 0 Å². The summed E-state index contributed by atoms with van der Waals surface area (Å²) in [7, 11) is 1.76. The molecule has 3 rings (SSSR count). The number of pyridine rings is 1. The number of aromatic amines is 1. The predicted molar refractivity (Wildman–Crippen MR) is 68.7 cm³/mol. The molecule has 17 heavy (non-hydrogen) atoms. The highest BCUT2D eigenvalue weighted by Crippen LogP contribution is 2.36. The predicted octanol–water partition coefficient (Wildman–Crippen LogP) is 2.75. The maximum atomic E-state index is 5.39. The molecule has 2 heterocycles. The van der Waals surface area contributed by atoms with Gasteiger partial charge in [-0.25, -0.2) is 4.98 Å². The summed E-state index contributed by atoms with van der Waals surface area (Å²) in [6, 6.07) is 2.42. The van der Waals surface area contributed by atoms with Crippen molar-refractivity contribution in [2.45, 2.75) is 31.9 Å². The van der Waals surface area contributed by atoms with Crippen molar-refractivity contribution in [3.05, 3.63) is 22.6 Å². The van der Waals surface area contributed by atoms with Crippen LogP contribution in [0, 0.1) is 11.7 Å². The second kappa shape index (κ2) is 3.92. The SMILES string of the molecule is COC1CC(n2c(=S)[nH]c3c(C)ccnc32)C1. The first-order valence-electron chi connectivity index (χ1n) is 5.79. The van der Waals surface area contributed by atoms with E-state index >= 15 is 0 Å². The molecule has 1 N–H and O–H groups in total. The van der Waals surface area contributed by atoms with Crippen molar-refractivity contribution in [2.24, 2.45) is 0 Å². The standard InChI is InChI=1S/C12H15N3OS/c1-7-3-4-13-11-10(7)14-12(17)15(11)8-5-9(6-8)16-2/h3-4,8-9H,5-6H2,1-2H3,(H,14,17).